The lowest BCUT2D eigenvalue weighted by atomic mass is 10.2. The number of ether oxygens (including phenoxy) is 1. The molecule has 0 aliphatic heterocycles. The van der Waals surface area contributed by atoms with Crippen molar-refractivity contribution < 1.29 is 14.6 Å². The number of rotatable bonds is 5. The number of aliphatic hydroxyl groups excluding tert-OH is 1. The molecule has 82 valence electrons. The monoisotopic (exact) mass is 201 g/mol. The fraction of sp³-hybridized carbons (Fsp3) is 0.900. The highest BCUT2D eigenvalue weighted by molar-refractivity contribution is 5.75. The average Bonchev–Trinajstić information content (AvgIpc) is 2.66. The topological polar surface area (TPSA) is 58.6 Å². The second-order valence-corrected chi connectivity index (χ2v) is 3.70. The Labute approximate surface area is 84.6 Å². The summed E-state index contributed by atoms with van der Waals surface area (Å²) in [5.41, 5.74) is 0. The molecule has 0 bridgehead atoms. The van der Waals surface area contributed by atoms with E-state index in [0.29, 0.717) is 6.42 Å². The van der Waals surface area contributed by atoms with Crippen LogP contribution in [0.4, 0.5) is 0 Å². The fourth-order valence-corrected chi connectivity index (χ4v) is 1.76. The van der Waals surface area contributed by atoms with Crippen molar-refractivity contribution in [1.82, 2.24) is 5.32 Å². The molecule has 1 fully saturated rings. The van der Waals surface area contributed by atoms with E-state index in [0.717, 1.165) is 25.7 Å². The summed E-state index contributed by atoms with van der Waals surface area (Å²) in [4.78, 5) is 11.5. The highest BCUT2D eigenvalue weighted by atomic mass is 16.5. The molecule has 1 saturated carbocycles. The molecular weight excluding hydrogens is 182 g/mol. The van der Waals surface area contributed by atoms with E-state index in [2.05, 4.69) is 5.32 Å². The second-order valence-electron chi connectivity index (χ2n) is 3.70. The Kier molecular flexibility index (Phi) is 4.90. The first kappa shape index (κ1) is 11.5. The third-order valence-corrected chi connectivity index (χ3v) is 2.64. The van der Waals surface area contributed by atoms with Gasteiger partial charge in [0.15, 0.2) is 0 Å². The van der Waals surface area contributed by atoms with Crippen LogP contribution in [-0.2, 0) is 9.53 Å². The molecule has 0 radical (unpaired) electrons. The number of hydrogen-bond donors (Lipinski definition) is 2. The van der Waals surface area contributed by atoms with Gasteiger partial charge in [-0.25, -0.2) is 0 Å². The van der Waals surface area contributed by atoms with Gasteiger partial charge >= 0.3 is 5.97 Å². The third kappa shape index (κ3) is 3.27. The van der Waals surface area contributed by atoms with Crippen LogP contribution in [0.25, 0.3) is 0 Å². The largest absolute Gasteiger partial charge is 0.461 e. The van der Waals surface area contributed by atoms with Gasteiger partial charge in [0.1, 0.15) is 12.1 Å². The van der Waals surface area contributed by atoms with Crippen molar-refractivity contribution in [3.8, 4) is 0 Å². The van der Waals surface area contributed by atoms with Gasteiger partial charge in [-0.3, -0.25) is 4.79 Å². The Balaban J connectivity index is 2.30. The van der Waals surface area contributed by atoms with Crippen LogP contribution in [0.1, 0.15) is 32.1 Å². The number of hydrogen-bond acceptors (Lipinski definition) is 4. The summed E-state index contributed by atoms with van der Waals surface area (Å²) in [6, 6.07) is -0.361. The van der Waals surface area contributed by atoms with Crippen molar-refractivity contribution in [3.63, 3.8) is 0 Å². The Morgan fingerprint density at radius 1 is 1.57 bits per heavy atom. The highest BCUT2D eigenvalue weighted by Crippen LogP contribution is 2.21. The minimum Gasteiger partial charge on any atom is -0.461 e. The zero-order valence-corrected chi connectivity index (χ0v) is 8.66. The zero-order chi connectivity index (χ0) is 10.4. The summed E-state index contributed by atoms with van der Waals surface area (Å²) in [5, 5.41) is 11.6. The first-order valence-corrected chi connectivity index (χ1v) is 5.26. The number of carbonyl (C=O) groups excluding carboxylic acids is 1. The fourth-order valence-electron chi connectivity index (χ4n) is 1.76. The van der Waals surface area contributed by atoms with E-state index in [1.54, 1.807) is 7.05 Å². The molecular formula is C10H19NO3. The molecule has 1 atom stereocenters. The van der Waals surface area contributed by atoms with Crippen LogP contribution in [0, 0.1) is 0 Å². The van der Waals surface area contributed by atoms with Crippen LogP contribution in [0.15, 0.2) is 0 Å². The molecule has 4 nitrogen and oxygen atoms in total. The van der Waals surface area contributed by atoms with Crippen LogP contribution in [-0.4, -0.2) is 36.9 Å². The van der Waals surface area contributed by atoms with E-state index in [1.807, 2.05) is 0 Å². The Morgan fingerprint density at radius 3 is 2.71 bits per heavy atom. The minimum absolute atomic E-state index is 0.00523. The molecule has 0 amide bonds. The van der Waals surface area contributed by atoms with E-state index in [4.69, 9.17) is 9.84 Å². The van der Waals surface area contributed by atoms with Crippen molar-refractivity contribution in [2.75, 3.05) is 13.7 Å². The van der Waals surface area contributed by atoms with Gasteiger partial charge in [-0.1, -0.05) is 0 Å². The maximum absolute atomic E-state index is 11.5. The van der Waals surface area contributed by atoms with Crippen molar-refractivity contribution in [2.24, 2.45) is 0 Å². The Hall–Kier alpha value is -0.610. The van der Waals surface area contributed by atoms with Gasteiger partial charge in [0, 0.05) is 6.61 Å². The SMILES string of the molecule is CN[C@@H](CCO)C(=O)OC1CCCC1. The molecule has 4 heteroatoms. The molecule has 0 saturated heterocycles. The molecule has 14 heavy (non-hydrogen) atoms. The average molecular weight is 201 g/mol. The number of likely N-dealkylation sites (N-methyl/N-ethyl adjacent to an activating group) is 1. The molecule has 2 N–H and O–H groups in total. The molecule has 0 aromatic carbocycles. The molecule has 1 aliphatic carbocycles. The zero-order valence-electron chi connectivity index (χ0n) is 8.66. The quantitative estimate of drug-likeness (QED) is 0.634. The van der Waals surface area contributed by atoms with Gasteiger partial charge in [-0.2, -0.15) is 0 Å². The summed E-state index contributed by atoms with van der Waals surface area (Å²) < 4.78 is 5.30. The normalized spacial score (nSPS) is 19.6. The standard InChI is InChI=1S/C10H19NO3/c1-11-9(6-7-12)10(13)14-8-4-2-3-5-8/h8-9,11-12H,2-7H2,1H3/t9-/m0/s1. The van der Waals surface area contributed by atoms with Gasteiger partial charge < -0.3 is 15.2 Å². The smallest absolute Gasteiger partial charge is 0.323 e. The predicted octanol–water partition coefficient (Wildman–Crippen LogP) is 0.443. The lowest BCUT2D eigenvalue weighted by Gasteiger charge is -2.17. The van der Waals surface area contributed by atoms with Crippen molar-refractivity contribution >= 4 is 5.97 Å². The molecule has 1 aliphatic rings. The summed E-state index contributed by atoms with van der Waals surface area (Å²) in [5.74, 6) is -0.228. The molecule has 0 unspecified atom stereocenters. The first-order chi connectivity index (χ1) is 6.77. The summed E-state index contributed by atoms with van der Waals surface area (Å²) in [6.07, 6.45) is 4.81. The van der Waals surface area contributed by atoms with E-state index in [9.17, 15) is 4.79 Å². The van der Waals surface area contributed by atoms with Crippen LogP contribution in [0.3, 0.4) is 0 Å². The molecule has 0 aromatic rings. The third-order valence-electron chi connectivity index (χ3n) is 2.64. The summed E-state index contributed by atoms with van der Waals surface area (Å²) in [6.45, 7) is 0.00523. The van der Waals surface area contributed by atoms with Gasteiger partial charge in [0.25, 0.3) is 0 Å². The van der Waals surface area contributed by atoms with Gasteiger partial charge in [0.2, 0.25) is 0 Å². The van der Waals surface area contributed by atoms with Crippen LogP contribution in [0.2, 0.25) is 0 Å². The molecule has 1 rings (SSSR count). The number of esters is 1. The highest BCUT2D eigenvalue weighted by Gasteiger charge is 2.23. The molecule has 0 heterocycles. The summed E-state index contributed by atoms with van der Waals surface area (Å²) >= 11 is 0. The van der Waals surface area contributed by atoms with Crippen molar-refractivity contribution in [1.29, 1.82) is 0 Å². The maximum Gasteiger partial charge on any atom is 0.323 e. The van der Waals surface area contributed by atoms with E-state index < -0.39 is 0 Å². The second kappa shape index (κ2) is 5.98. The molecule has 0 aromatic heterocycles. The van der Waals surface area contributed by atoms with E-state index in [-0.39, 0.29) is 24.7 Å². The van der Waals surface area contributed by atoms with Crippen LogP contribution >= 0.6 is 0 Å². The van der Waals surface area contributed by atoms with E-state index >= 15 is 0 Å². The number of aliphatic hydroxyl groups is 1. The first-order valence-electron chi connectivity index (χ1n) is 5.26. The predicted molar refractivity (Wildman–Crippen MR) is 52.9 cm³/mol. The summed E-state index contributed by atoms with van der Waals surface area (Å²) in [7, 11) is 1.70. The maximum atomic E-state index is 11.5. The van der Waals surface area contributed by atoms with Gasteiger partial charge in [0.05, 0.1) is 0 Å². The molecule has 0 spiro atoms. The van der Waals surface area contributed by atoms with Gasteiger partial charge in [-0.05, 0) is 39.2 Å². The van der Waals surface area contributed by atoms with Crippen LogP contribution < -0.4 is 5.32 Å². The van der Waals surface area contributed by atoms with Crippen molar-refractivity contribution in [3.05, 3.63) is 0 Å². The number of carbonyl (C=O) groups is 1. The minimum atomic E-state index is -0.361. The Bertz CT molecular complexity index is 178. The van der Waals surface area contributed by atoms with Crippen molar-refractivity contribution in [2.45, 2.75) is 44.2 Å². The van der Waals surface area contributed by atoms with Gasteiger partial charge in [-0.15, -0.1) is 0 Å². The lowest BCUT2D eigenvalue weighted by Crippen LogP contribution is -2.37. The Morgan fingerprint density at radius 2 is 2.21 bits per heavy atom. The lowest BCUT2D eigenvalue weighted by molar-refractivity contribution is -0.151. The number of nitrogens with one attached hydrogen (secondary N) is 1. The van der Waals surface area contributed by atoms with E-state index in [1.165, 1.54) is 0 Å². The van der Waals surface area contributed by atoms with Crippen LogP contribution in [0.5, 0.6) is 0 Å².